The van der Waals surface area contributed by atoms with Crippen molar-refractivity contribution in [2.24, 2.45) is 0 Å². The van der Waals surface area contributed by atoms with Crippen molar-refractivity contribution in [1.29, 1.82) is 0 Å². The Hall–Kier alpha value is -2.93. The van der Waals surface area contributed by atoms with Gasteiger partial charge in [0.2, 0.25) is 0 Å². The summed E-state index contributed by atoms with van der Waals surface area (Å²) >= 11 is 5.40. The molecule has 0 aliphatic heterocycles. The maximum atomic E-state index is 11.8. The van der Waals surface area contributed by atoms with Crippen molar-refractivity contribution in [1.82, 2.24) is 0 Å². The zero-order valence-electron chi connectivity index (χ0n) is 22.7. The molecule has 0 aliphatic carbocycles. The molecule has 0 bridgehead atoms. The van der Waals surface area contributed by atoms with E-state index in [2.05, 4.69) is 6.92 Å². The van der Waals surface area contributed by atoms with E-state index in [4.69, 9.17) is 12.2 Å². The Kier molecular flexibility index (Phi) is 15.1. The van der Waals surface area contributed by atoms with E-state index in [0.29, 0.717) is 23.3 Å². The van der Waals surface area contributed by atoms with Gasteiger partial charge in [0.25, 0.3) is 11.4 Å². The first-order chi connectivity index (χ1) is 18.4. The maximum Gasteiger partial charge on any atom is 0.280 e. The number of nitro groups is 2. The molecule has 0 aliphatic rings. The van der Waals surface area contributed by atoms with E-state index in [0.717, 1.165) is 24.8 Å². The van der Waals surface area contributed by atoms with Crippen molar-refractivity contribution in [3.63, 3.8) is 0 Å². The van der Waals surface area contributed by atoms with Crippen LogP contribution in [-0.4, -0.2) is 14.7 Å². The molecule has 2 aromatic carbocycles. The van der Waals surface area contributed by atoms with Gasteiger partial charge < -0.3 is 0 Å². The molecule has 0 N–H and O–H groups in total. The lowest BCUT2D eigenvalue weighted by Gasteiger charge is -2.07. The van der Waals surface area contributed by atoms with E-state index in [-0.39, 0.29) is 16.9 Å². The van der Waals surface area contributed by atoms with Crippen LogP contribution in [0.1, 0.15) is 114 Å². The van der Waals surface area contributed by atoms with Crippen LogP contribution in [0.25, 0.3) is 6.08 Å². The van der Waals surface area contributed by atoms with Crippen LogP contribution in [0, 0.1) is 20.2 Å². The molecule has 0 heterocycles. The normalized spacial score (nSPS) is 11.2. The maximum absolute atomic E-state index is 11.8. The second kappa shape index (κ2) is 18.3. The predicted molar refractivity (Wildman–Crippen MR) is 161 cm³/mol. The highest BCUT2D eigenvalue weighted by molar-refractivity contribution is 7.81. The lowest BCUT2D eigenvalue weighted by molar-refractivity contribution is -0.395. The Balaban J connectivity index is 1.83. The van der Waals surface area contributed by atoms with Crippen LogP contribution in [0.2, 0.25) is 0 Å². The number of hydrogen-bond donors (Lipinski definition) is 0. The Morgan fingerprint density at radius 1 is 0.737 bits per heavy atom. The molecular formula is C31H42N2O4S. The molecule has 0 aromatic heterocycles. The van der Waals surface area contributed by atoms with Crippen molar-refractivity contribution < 1.29 is 9.85 Å². The third kappa shape index (κ3) is 11.6. The van der Waals surface area contributed by atoms with E-state index in [1.54, 1.807) is 12.2 Å². The molecule has 2 rings (SSSR count). The minimum absolute atomic E-state index is 0.195. The van der Waals surface area contributed by atoms with Crippen LogP contribution in [0.3, 0.4) is 0 Å². The molecule has 0 spiro atoms. The van der Waals surface area contributed by atoms with Gasteiger partial charge in [0.1, 0.15) is 5.56 Å². The first-order valence-corrected chi connectivity index (χ1v) is 14.6. The molecule has 0 fully saturated rings. The van der Waals surface area contributed by atoms with Crippen LogP contribution in [0.15, 0.2) is 48.5 Å². The Morgan fingerprint density at radius 3 is 1.63 bits per heavy atom. The third-order valence-electron chi connectivity index (χ3n) is 6.88. The van der Waals surface area contributed by atoms with Gasteiger partial charge in [-0.3, -0.25) is 20.2 Å². The minimum atomic E-state index is -0.515. The fourth-order valence-corrected chi connectivity index (χ4v) is 4.91. The topological polar surface area (TPSA) is 86.3 Å². The monoisotopic (exact) mass is 538 g/mol. The largest absolute Gasteiger partial charge is 0.280 e. The molecular weight excluding hydrogens is 496 g/mol. The Morgan fingerprint density at radius 2 is 1.18 bits per heavy atom. The van der Waals surface area contributed by atoms with E-state index >= 15 is 0 Å². The van der Waals surface area contributed by atoms with Crippen molar-refractivity contribution in [3.05, 3.63) is 85.5 Å². The summed E-state index contributed by atoms with van der Waals surface area (Å²) < 4.78 is 0. The van der Waals surface area contributed by atoms with Gasteiger partial charge in [-0.1, -0.05) is 139 Å². The fourth-order valence-electron chi connectivity index (χ4n) is 4.71. The van der Waals surface area contributed by atoms with E-state index in [1.807, 2.05) is 30.3 Å². The summed E-state index contributed by atoms with van der Waals surface area (Å²) in [6, 6.07) is 12.2. The second-order valence-corrected chi connectivity index (χ2v) is 10.4. The molecule has 0 atom stereocenters. The van der Waals surface area contributed by atoms with E-state index in [1.165, 1.54) is 76.3 Å². The fraction of sp³-hybridized carbons (Fsp3) is 0.516. The number of thiocarbonyl (C=S) groups is 1. The highest BCUT2D eigenvalue weighted by Gasteiger charge is 2.25. The van der Waals surface area contributed by atoms with Gasteiger partial charge in [0.15, 0.2) is 0 Å². The molecule has 7 heteroatoms. The van der Waals surface area contributed by atoms with Crippen LogP contribution in [0.4, 0.5) is 11.4 Å². The van der Waals surface area contributed by atoms with Gasteiger partial charge in [0.05, 0.1) is 9.85 Å². The third-order valence-corrected chi connectivity index (χ3v) is 7.26. The zero-order chi connectivity index (χ0) is 27.6. The highest BCUT2D eigenvalue weighted by Crippen LogP contribution is 2.32. The van der Waals surface area contributed by atoms with Gasteiger partial charge >= 0.3 is 0 Å². The van der Waals surface area contributed by atoms with Crippen LogP contribution >= 0.6 is 12.2 Å². The summed E-state index contributed by atoms with van der Waals surface area (Å²) in [5.41, 5.74) is 1.06. The number of unbranched alkanes of at least 4 members (excludes halogenated alkanes) is 13. The van der Waals surface area contributed by atoms with E-state index < -0.39 is 9.85 Å². The zero-order valence-corrected chi connectivity index (χ0v) is 23.6. The standard InChI is InChI=1S/C31H42N2O4S/c1-2-3-4-5-6-7-8-9-10-11-12-13-14-18-21-28-29(32(34)35)24-26(25-30(28)33(36)37)22-23-31(38)27-19-16-15-17-20-27/h15-17,19-20,22-25H,2-14,18,21H2,1H3. The van der Waals surface area contributed by atoms with E-state index in [9.17, 15) is 20.2 Å². The molecule has 2 aromatic rings. The summed E-state index contributed by atoms with van der Waals surface area (Å²) in [7, 11) is 0. The quantitative estimate of drug-likeness (QED) is 0.0418. The highest BCUT2D eigenvalue weighted by atomic mass is 32.1. The molecule has 206 valence electrons. The van der Waals surface area contributed by atoms with Gasteiger partial charge in [-0.05, 0) is 30.0 Å². The van der Waals surface area contributed by atoms with Gasteiger partial charge in [-0.2, -0.15) is 0 Å². The smallest absolute Gasteiger partial charge is 0.258 e. The Bertz CT molecular complexity index is 1020. The average Bonchev–Trinajstić information content (AvgIpc) is 2.92. The minimum Gasteiger partial charge on any atom is -0.258 e. The average molecular weight is 539 g/mol. The molecule has 0 saturated carbocycles. The summed E-state index contributed by atoms with van der Waals surface area (Å²) in [6.45, 7) is 2.24. The van der Waals surface area contributed by atoms with Crippen LogP contribution in [-0.2, 0) is 6.42 Å². The first-order valence-electron chi connectivity index (χ1n) is 14.2. The summed E-state index contributed by atoms with van der Waals surface area (Å²) in [6.07, 6.45) is 20.6. The molecule has 0 unspecified atom stereocenters. The number of nitrogens with zero attached hydrogens (tertiary/aromatic N) is 2. The summed E-state index contributed by atoms with van der Waals surface area (Å²) in [5.74, 6) is 0. The summed E-state index contributed by atoms with van der Waals surface area (Å²) in [5, 5.41) is 23.6. The van der Waals surface area contributed by atoms with Gasteiger partial charge in [-0.25, -0.2) is 0 Å². The molecule has 0 radical (unpaired) electrons. The number of allylic oxidation sites excluding steroid dienone is 1. The molecule has 0 amide bonds. The predicted octanol–water partition coefficient (Wildman–Crippen LogP) is 9.96. The lowest BCUT2D eigenvalue weighted by Crippen LogP contribution is -2.03. The second-order valence-electron chi connectivity index (χ2n) is 9.96. The van der Waals surface area contributed by atoms with Crippen LogP contribution in [0.5, 0.6) is 0 Å². The van der Waals surface area contributed by atoms with Gasteiger partial charge in [0, 0.05) is 17.0 Å². The number of rotatable bonds is 20. The van der Waals surface area contributed by atoms with Crippen molar-refractivity contribution in [3.8, 4) is 0 Å². The number of hydrogen-bond acceptors (Lipinski definition) is 5. The molecule has 38 heavy (non-hydrogen) atoms. The number of benzene rings is 2. The number of nitro benzene ring substituents is 2. The van der Waals surface area contributed by atoms with Crippen molar-refractivity contribution in [2.75, 3.05) is 0 Å². The van der Waals surface area contributed by atoms with Crippen molar-refractivity contribution >= 4 is 34.5 Å². The molecule has 0 saturated heterocycles. The van der Waals surface area contributed by atoms with Gasteiger partial charge in [-0.15, -0.1) is 0 Å². The Labute approximate surface area is 232 Å². The van der Waals surface area contributed by atoms with Crippen molar-refractivity contribution in [2.45, 2.75) is 103 Å². The first kappa shape index (κ1) is 31.3. The van der Waals surface area contributed by atoms with Crippen LogP contribution < -0.4 is 0 Å². The summed E-state index contributed by atoms with van der Waals surface area (Å²) in [4.78, 5) is 23.1. The SMILES string of the molecule is CCCCCCCCCCCCCCCCc1c([N+](=O)[O-])cc(C=CC(=S)c2ccccc2)cc1[N+](=O)[O-]. The molecule has 6 nitrogen and oxygen atoms in total. The lowest BCUT2D eigenvalue weighted by atomic mass is 9.99.